The smallest absolute Gasteiger partial charge is 0.258 e. The molecule has 0 N–H and O–H groups in total. The number of aromatic nitrogens is 1. The molecule has 0 saturated heterocycles. The molecule has 26 heavy (non-hydrogen) atoms. The first-order valence-electron chi connectivity index (χ1n) is 8.93. The van der Waals surface area contributed by atoms with Gasteiger partial charge >= 0.3 is 0 Å². The normalized spacial score (nSPS) is 11.7. The second kappa shape index (κ2) is 7.65. The van der Waals surface area contributed by atoms with Gasteiger partial charge in [0.15, 0.2) is 0 Å². The molecule has 3 rings (SSSR count). The lowest BCUT2D eigenvalue weighted by Gasteiger charge is -2.23. The highest BCUT2D eigenvalue weighted by atomic mass is 35.5. The zero-order chi connectivity index (χ0) is 18.8. The van der Waals surface area contributed by atoms with E-state index in [0.29, 0.717) is 24.0 Å². The molecule has 4 heteroatoms. The maximum Gasteiger partial charge on any atom is 0.258 e. The predicted octanol–water partition coefficient (Wildman–Crippen LogP) is 5.04. The first-order chi connectivity index (χ1) is 12.4. The van der Waals surface area contributed by atoms with Gasteiger partial charge in [-0.2, -0.15) is 0 Å². The minimum Gasteiger partial charge on any atom is -0.310 e. The number of benzene rings is 2. The molecule has 136 valence electrons. The minimum absolute atomic E-state index is 0.0573. The molecule has 1 heterocycles. The highest BCUT2D eigenvalue weighted by Crippen LogP contribution is 2.33. The molecule has 0 aliphatic rings. The molecule has 0 spiro atoms. The van der Waals surface area contributed by atoms with Gasteiger partial charge in [-0.25, -0.2) is 0 Å². The fourth-order valence-corrected chi connectivity index (χ4v) is 3.59. The average Bonchev–Trinajstić information content (AvgIpc) is 2.58. The van der Waals surface area contributed by atoms with Gasteiger partial charge in [0.2, 0.25) is 0 Å². The minimum atomic E-state index is 0.0573. The summed E-state index contributed by atoms with van der Waals surface area (Å²) in [6.07, 6.45) is 0. The Balaban J connectivity index is 2.47. The van der Waals surface area contributed by atoms with Crippen LogP contribution in [0, 0.1) is 5.92 Å². The first kappa shape index (κ1) is 18.7. The third-order valence-corrected chi connectivity index (χ3v) is 4.65. The third-order valence-electron chi connectivity index (χ3n) is 4.42. The van der Waals surface area contributed by atoms with E-state index >= 15 is 0 Å². The Morgan fingerprint density at radius 3 is 2.35 bits per heavy atom. The van der Waals surface area contributed by atoms with Crippen LogP contribution in [0.1, 0.15) is 19.5 Å². The molecule has 0 atom stereocenters. The van der Waals surface area contributed by atoms with Crippen molar-refractivity contribution in [2.24, 2.45) is 5.92 Å². The number of pyridine rings is 1. The van der Waals surface area contributed by atoms with Crippen LogP contribution in [0.15, 0.2) is 53.3 Å². The lowest BCUT2D eigenvalue weighted by atomic mass is 9.96. The van der Waals surface area contributed by atoms with Crippen molar-refractivity contribution >= 4 is 22.4 Å². The Kier molecular flexibility index (Phi) is 5.49. The van der Waals surface area contributed by atoms with E-state index in [1.807, 2.05) is 49.0 Å². The van der Waals surface area contributed by atoms with Crippen molar-refractivity contribution in [1.82, 2.24) is 9.47 Å². The SMILES string of the molecule is CC(C)Cn1c(CN(C)C)c(-c2ccccc2)c2cc(Cl)ccc2c1=O. The second-order valence-electron chi connectivity index (χ2n) is 7.43. The molecule has 0 aliphatic heterocycles. The van der Waals surface area contributed by atoms with Crippen molar-refractivity contribution in [3.05, 3.63) is 69.6 Å². The van der Waals surface area contributed by atoms with Gasteiger partial charge in [0, 0.05) is 34.8 Å². The van der Waals surface area contributed by atoms with Gasteiger partial charge in [0.1, 0.15) is 0 Å². The summed E-state index contributed by atoms with van der Waals surface area (Å²) in [5.41, 5.74) is 3.29. The molecule has 0 radical (unpaired) electrons. The van der Waals surface area contributed by atoms with Crippen LogP contribution in [0.2, 0.25) is 5.02 Å². The molecular formula is C22H25ClN2O. The average molecular weight is 369 g/mol. The zero-order valence-corrected chi connectivity index (χ0v) is 16.5. The van der Waals surface area contributed by atoms with Crippen molar-refractivity contribution in [2.75, 3.05) is 14.1 Å². The van der Waals surface area contributed by atoms with Crippen molar-refractivity contribution in [1.29, 1.82) is 0 Å². The maximum absolute atomic E-state index is 13.3. The fourth-order valence-electron chi connectivity index (χ4n) is 3.42. The Morgan fingerprint density at radius 1 is 1.04 bits per heavy atom. The van der Waals surface area contributed by atoms with E-state index in [9.17, 15) is 4.79 Å². The summed E-state index contributed by atoms with van der Waals surface area (Å²) in [6.45, 7) is 5.66. The van der Waals surface area contributed by atoms with Gasteiger partial charge < -0.3 is 9.47 Å². The number of nitrogens with zero attached hydrogens (tertiary/aromatic N) is 2. The van der Waals surface area contributed by atoms with E-state index in [1.54, 1.807) is 6.07 Å². The topological polar surface area (TPSA) is 25.2 Å². The van der Waals surface area contributed by atoms with E-state index in [4.69, 9.17) is 11.6 Å². The summed E-state index contributed by atoms with van der Waals surface area (Å²) < 4.78 is 1.95. The molecule has 0 unspecified atom stereocenters. The predicted molar refractivity (Wildman–Crippen MR) is 111 cm³/mol. The lowest BCUT2D eigenvalue weighted by Crippen LogP contribution is -2.29. The van der Waals surface area contributed by atoms with Gasteiger partial charge in [-0.1, -0.05) is 55.8 Å². The van der Waals surface area contributed by atoms with Crippen LogP contribution in [0.3, 0.4) is 0 Å². The monoisotopic (exact) mass is 368 g/mol. The Labute approximate surface area is 159 Å². The summed E-state index contributed by atoms with van der Waals surface area (Å²) in [6, 6.07) is 15.8. The molecular weight excluding hydrogens is 344 g/mol. The quantitative estimate of drug-likeness (QED) is 0.630. The molecule has 0 amide bonds. The standard InChI is InChI=1S/C22H25ClN2O/c1-15(2)13-25-20(14-24(3)4)21(16-8-6-5-7-9-16)19-12-17(23)10-11-18(19)22(25)26/h5-12,15H,13-14H2,1-4H3. The van der Waals surface area contributed by atoms with Crippen molar-refractivity contribution in [3.63, 3.8) is 0 Å². The van der Waals surface area contributed by atoms with E-state index in [-0.39, 0.29) is 5.56 Å². The van der Waals surface area contributed by atoms with Crippen LogP contribution in [0.5, 0.6) is 0 Å². The van der Waals surface area contributed by atoms with Crippen LogP contribution in [0.4, 0.5) is 0 Å². The highest BCUT2D eigenvalue weighted by Gasteiger charge is 2.19. The van der Waals surface area contributed by atoms with Crippen molar-refractivity contribution < 1.29 is 0 Å². The molecule has 0 saturated carbocycles. The molecule has 2 aromatic carbocycles. The summed E-state index contributed by atoms with van der Waals surface area (Å²) in [4.78, 5) is 15.4. The number of hydrogen-bond donors (Lipinski definition) is 0. The number of rotatable bonds is 5. The van der Waals surface area contributed by atoms with Crippen LogP contribution in [-0.2, 0) is 13.1 Å². The van der Waals surface area contributed by atoms with Crippen molar-refractivity contribution in [3.8, 4) is 11.1 Å². The number of halogens is 1. The second-order valence-corrected chi connectivity index (χ2v) is 7.86. The summed E-state index contributed by atoms with van der Waals surface area (Å²) in [5.74, 6) is 0.377. The van der Waals surface area contributed by atoms with Crippen LogP contribution in [0.25, 0.3) is 21.9 Å². The van der Waals surface area contributed by atoms with E-state index < -0.39 is 0 Å². The summed E-state index contributed by atoms with van der Waals surface area (Å²) in [5, 5.41) is 2.29. The fraction of sp³-hybridized carbons (Fsp3) is 0.318. The van der Waals surface area contributed by atoms with Gasteiger partial charge in [-0.05, 0) is 49.2 Å². The van der Waals surface area contributed by atoms with Gasteiger partial charge in [0.25, 0.3) is 5.56 Å². The van der Waals surface area contributed by atoms with Gasteiger partial charge in [0.05, 0.1) is 0 Å². The first-order valence-corrected chi connectivity index (χ1v) is 9.31. The van der Waals surface area contributed by atoms with Crippen LogP contribution in [-0.4, -0.2) is 23.6 Å². The van der Waals surface area contributed by atoms with Crippen LogP contribution < -0.4 is 5.56 Å². The number of hydrogen-bond acceptors (Lipinski definition) is 2. The maximum atomic E-state index is 13.3. The number of fused-ring (bicyclic) bond motifs is 1. The van der Waals surface area contributed by atoms with E-state index in [1.165, 1.54) is 0 Å². The Hall–Kier alpha value is -2.10. The Morgan fingerprint density at radius 2 is 1.73 bits per heavy atom. The summed E-state index contributed by atoms with van der Waals surface area (Å²) >= 11 is 6.29. The Bertz CT molecular complexity index is 975. The lowest BCUT2D eigenvalue weighted by molar-refractivity contribution is 0.377. The van der Waals surface area contributed by atoms with Gasteiger partial charge in [-0.15, -0.1) is 0 Å². The molecule has 0 fully saturated rings. The molecule has 0 bridgehead atoms. The van der Waals surface area contributed by atoms with Crippen LogP contribution >= 0.6 is 11.6 Å². The molecule has 0 aliphatic carbocycles. The van der Waals surface area contributed by atoms with Gasteiger partial charge in [-0.3, -0.25) is 4.79 Å². The third kappa shape index (κ3) is 3.69. The highest BCUT2D eigenvalue weighted by molar-refractivity contribution is 6.31. The van der Waals surface area contributed by atoms with E-state index in [0.717, 1.165) is 27.6 Å². The van der Waals surface area contributed by atoms with E-state index in [2.05, 4.69) is 30.9 Å². The largest absolute Gasteiger partial charge is 0.310 e. The summed E-state index contributed by atoms with van der Waals surface area (Å²) in [7, 11) is 4.06. The zero-order valence-electron chi connectivity index (χ0n) is 15.8. The molecule has 1 aromatic heterocycles. The molecule has 3 aromatic rings. The molecule has 3 nitrogen and oxygen atoms in total. The van der Waals surface area contributed by atoms with Crippen molar-refractivity contribution in [2.45, 2.75) is 26.9 Å².